The van der Waals surface area contributed by atoms with Crippen LogP contribution in [0.5, 0.6) is 17.2 Å². The molecule has 5 N–H and O–H groups in total. The number of hydrogen-bond donors (Lipinski definition) is 5. The fraction of sp³-hybridized carbons (Fsp3) is 0.458. The van der Waals surface area contributed by atoms with Gasteiger partial charge in [-0.2, -0.15) is 5.10 Å². The lowest BCUT2D eigenvalue weighted by molar-refractivity contribution is -0.277. The fourth-order valence-corrected chi connectivity index (χ4v) is 4.39. The Morgan fingerprint density at radius 2 is 1.79 bits per heavy atom. The third kappa shape index (κ3) is 4.30. The normalized spacial score (nSPS) is 26.6. The van der Waals surface area contributed by atoms with Gasteiger partial charge in [-0.25, -0.2) is 0 Å². The van der Waals surface area contributed by atoms with Crippen molar-refractivity contribution in [1.29, 1.82) is 0 Å². The predicted molar refractivity (Wildman–Crippen MR) is 120 cm³/mol. The van der Waals surface area contributed by atoms with Gasteiger partial charge in [0, 0.05) is 5.69 Å². The van der Waals surface area contributed by atoms with Gasteiger partial charge >= 0.3 is 0 Å². The molecule has 34 heavy (non-hydrogen) atoms. The third-order valence-electron chi connectivity index (χ3n) is 6.20. The van der Waals surface area contributed by atoms with Crippen LogP contribution in [0.15, 0.2) is 30.3 Å². The number of ether oxygens (including phenoxy) is 4. The Hall–Kier alpha value is -2.89. The summed E-state index contributed by atoms with van der Waals surface area (Å²) in [7, 11) is 0. The highest BCUT2D eigenvalue weighted by Gasteiger charge is 2.45. The Kier molecular flexibility index (Phi) is 6.32. The number of aliphatic hydroxyl groups is 4. The maximum atomic E-state index is 10.4. The minimum atomic E-state index is -1.52. The second kappa shape index (κ2) is 9.40. The topological polar surface area (TPSA) is 147 Å². The molecule has 0 spiro atoms. The summed E-state index contributed by atoms with van der Waals surface area (Å²) in [4.78, 5) is 0. The largest absolute Gasteiger partial charge is 0.486 e. The third-order valence-corrected chi connectivity index (χ3v) is 6.20. The molecule has 0 radical (unpaired) electrons. The van der Waals surface area contributed by atoms with E-state index in [-0.39, 0.29) is 0 Å². The van der Waals surface area contributed by atoms with E-state index in [4.69, 9.17) is 18.9 Å². The highest BCUT2D eigenvalue weighted by Crippen LogP contribution is 2.34. The van der Waals surface area contributed by atoms with Crippen molar-refractivity contribution in [2.24, 2.45) is 0 Å². The van der Waals surface area contributed by atoms with Gasteiger partial charge in [0.25, 0.3) is 0 Å². The predicted octanol–water partition coefficient (Wildman–Crippen LogP) is 0.606. The van der Waals surface area contributed by atoms with Gasteiger partial charge in [-0.05, 0) is 55.2 Å². The maximum Gasteiger partial charge on any atom is 0.229 e. The van der Waals surface area contributed by atoms with Crippen LogP contribution < -0.4 is 14.2 Å². The Bertz CT molecular complexity index is 1160. The monoisotopic (exact) mass is 472 g/mol. The fourth-order valence-electron chi connectivity index (χ4n) is 4.39. The molecule has 3 aromatic rings. The van der Waals surface area contributed by atoms with E-state index in [0.29, 0.717) is 37.3 Å². The van der Waals surface area contributed by atoms with Crippen LogP contribution in [0.25, 0.3) is 10.9 Å². The summed E-state index contributed by atoms with van der Waals surface area (Å²) in [6.45, 7) is 2.44. The van der Waals surface area contributed by atoms with Crippen LogP contribution in [-0.2, 0) is 17.6 Å². The van der Waals surface area contributed by atoms with E-state index in [1.807, 2.05) is 31.2 Å². The van der Waals surface area contributed by atoms with Gasteiger partial charge < -0.3 is 39.4 Å². The Morgan fingerprint density at radius 3 is 2.59 bits per heavy atom. The molecule has 0 unspecified atom stereocenters. The highest BCUT2D eigenvalue weighted by atomic mass is 16.7. The lowest BCUT2D eigenvalue weighted by Gasteiger charge is -2.39. The summed E-state index contributed by atoms with van der Waals surface area (Å²) < 4.78 is 22.8. The standard InChI is InChI=1S/C24H28N2O8/c1-12-8-15-20(18(9-12)33-24-23(30)22(29)21(28)19(11-27)34-24)14(25-26-15)4-2-13-3-5-16-17(10-13)32-7-6-31-16/h3,5,8-10,19,21-24,27-30H,2,4,6-7,11H2,1H3,(H,25,26)/t19-,21-,22+,23-,24-/m1/s1. The van der Waals surface area contributed by atoms with Crippen LogP contribution in [0, 0.1) is 6.92 Å². The molecule has 1 saturated heterocycles. The summed E-state index contributed by atoms with van der Waals surface area (Å²) in [5.74, 6) is 1.90. The van der Waals surface area contributed by atoms with Crippen molar-refractivity contribution in [1.82, 2.24) is 10.2 Å². The molecular weight excluding hydrogens is 444 g/mol. The van der Waals surface area contributed by atoms with Gasteiger partial charge in [-0.1, -0.05) is 6.07 Å². The zero-order valence-electron chi connectivity index (χ0n) is 18.7. The highest BCUT2D eigenvalue weighted by molar-refractivity contribution is 5.88. The number of aliphatic hydroxyl groups excluding tert-OH is 4. The van der Waals surface area contributed by atoms with E-state index < -0.39 is 37.3 Å². The molecule has 0 aliphatic carbocycles. The SMILES string of the molecule is Cc1cc(O[C@@H]2O[C@H](CO)[C@@H](O)[C@H](O)[C@H]2O)c2c(CCc3ccc4c(c3)OCCO4)[nH]nc2c1. The van der Waals surface area contributed by atoms with E-state index >= 15 is 0 Å². The second-order valence-electron chi connectivity index (χ2n) is 8.65. The minimum Gasteiger partial charge on any atom is -0.486 e. The molecule has 5 atom stereocenters. The average Bonchev–Trinajstić information content (AvgIpc) is 3.25. The summed E-state index contributed by atoms with van der Waals surface area (Å²) in [5, 5.41) is 48.2. The van der Waals surface area contributed by atoms with Crippen LogP contribution in [0.3, 0.4) is 0 Å². The summed E-state index contributed by atoms with van der Waals surface area (Å²) in [6.07, 6.45) is -5.46. The first-order chi connectivity index (χ1) is 16.4. The number of H-pyrrole nitrogens is 1. The number of fused-ring (bicyclic) bond motifs is 2. The zero-order chi connectivity index (χ0) is 23.8. The van der Waals surface area contributed by atoms with Crippen molar-refractivity contribution in [3.05, 3.63) is 47.2 Å². The van der Waals surface area contributed by atoms with Crippen LogP contribution in [0.2, 0.25) is 0 Å². The number of nitrogens with zero attached hydrogens (tertiary/aromatic N) is 1. The number of hydrogen-bond acceptors (Lipinski definition) is 9. The van der Waals surface area contributed by atoms with Gasteiger partial charge in [-0.3, -0.25) is 5.10 Å². The van der Waals surface area contributed by atoms with Crippen molar-refractivity contribution in [2.45, 2.75) is 50.5 Å². The van der Waals surface area contributed by atoms with Gasteiger partial charge in [0.15, 0.2) is 11.5 Å². The molecule has 2 aromatic carbocycles. The lowest BCUT2D eigenvalue weighted by Crippen LogP contribution is -2.60. The van der Waals surface area contributed by atoms with Crippen molar-refractivity contribution in [3.63, 3.8) is 0 Å². The molecule has 3 heterocycles. The molecular formula is C24H28N2O8. The molecule has 0 amide bonds. The van der Waals surface area contributed by atoms with E-state index in [2.05, 4.69) is 10.2 Å². The van der Waals surface area contributed by atoms with Crippen molar-refractivity contribution in [2.75, 3.05) is 19.8 Å². The summed E-state index contributed by atoms with van der Waals surface area (Å²) in [5.41, 5.74) is 3.49. The molecule has 0 bridgehead atoms. The van der Waals surface area contributed by atoms with E-state index in [0.717, 1.165) is 33.7 Å². The first-order valence-corrected chi connectivity index (χ1v) is 11.3. The van der Waals surface area contributed by atoms with E-state index in [1.165, 1.54) is 0 Å². The molecule has 2 aliphatic heterocycles. The smallest absolute Gasteiger partial charge is 0.229 e. The first kappa shape index (κ1) is 22.9. The Morgan fingerprint density at radius 1 is 1.00 bits per heavy atom. The van der Waals surface area contributed by atoms with Crippen molar-refractivity contribution < 1.29 is 39.4 Å². The van der Waals surface area contributed by atoms with E-state index in [1.54, 1.807) is 6.07 Å². The molecule has 0 saturated carbocycles. The number of rotatable bonds is 6. The van der Waals surface area contributed by atoms with Crippen molar-refractivity contribution in [3.8, 4) is 17.2 Å². The van der Waals surface area contributed by atoms with Crippen LogP contribution in [0.4, 0.5) is 0 Å². The quantitative estimate of drug-likeness (QED) is 0.348. The minimum absolute atomic E-state index is 0.422. The Balaban J connectivity index is 1.39. The van der Waals surface area contributed by atoms with E-state index in [9.17, 15) is 20.4 Å². The molecule has 10 nitrogen and oxygen atoms in total. The molecule has 5 rings (SSSR count). The lowest BCUT2D eigenvalue weighted by atomic mass is 9.99. The number of aromatic nitrogens is 2. The van der Waals surface area contributed by atoms with Crippen molar-refractivity contribution >= 4 is 10.9 Å². The second-order valence-corrected chi connectivity index (χ2v) is 8.65. The average molecular weight is 472 g/mol. The zero-order valence-corrected chi connectivity index (χ0v) is 18.7. The maximum absolute atomic E-state index is 10.4. The first-order valence-electron chi connectivity index (χ1n) is 11.3. The van der Waals surface area contributed by atoms with Gasteiger partial charge in [0.2, 0.25) is 6.29 Å². The van der Waals surface area contributed by atoms with Gasteiger partial charge in [-0.15, -0.1) is 0 Å². The van der Waals surface area contributed by atoms with Crippen LogP contribution in [0.1, 0.15) is 16.8 Å². The molecule has 2 aliphatic rings. The van der Waals surface area contributed by atoms with Gasteiger partial charge in [0.05, 0.1) is 17.5 Å². The van der Waals surface area contributed by atoms with Gasteiger partial charge in [0.1, 0.15) is 43.4 Å². The summed E-state index contributed by atoms with van der Waals surface area (Å²) >= 11 is 0. The van der Waals surface area contributed by atoms with Crippen LogP contribution >= 0.6 is 0 Å². The number of aryl methyl sites for hydroxylation is 3. The molecule has 182 valence electrons. The number of nitrogens with one attached hydrogen (secondary N) is 1. The molecule has 1 fully saturated rings. The molecule has 10 heteroatoms. The van der Waals surface area contributed by atoms with Crippen LogP contribution in [-0.4, -0.2) is 81.2 Å². The number of aromatic amines is 1. The number of benzene rings is 2. The summed E-state index contributed by atoms with van der Waals surface area (Å²) in [6, 6.07) is 9.60. The Labute approximate surface area is 195 Å². The molecule has 1 aromatic heterocycles.